The number of nitrogens with one attached hydrogen (secondary N) is 1. The zero-order valence-electron chi connectivity index (χ0n) is 10.6. The van der Waals surface area contributed by atoms with Crippen molar-refractivity contribution in [3.63, 3.8) is 0 Å². The highest BCUT2D eigenvalue weighted by Gasteiger charge is 2.44. The molecule has 4 heteroatoms. The van der Waals surface area contributed by atoms with Gasteiger partial charge in [-0.2, -0.15) is 0 Å². The third kappa shape index (κ3) is 3.01. The molecule has 4 nitrogen and oxygen atoms in total. The summed E-state index contributed by atoms with van der Waals surface area (Å²) in [5.74, 6) is 0.543. The summed E-state index contributed by atoms with van der Waals surface area (Å²) in [6.45, 7) is 1.91. The van der Waals surface area contributed by atoms with E-state index in [2.05, 4.69) is 5.32 Å². The summed E-state index contributed by atoms with van der Waals surface area (Å²) in [4.78, 5) is 12.0. The fourth-order valence-corrected chi connectivity index (χ4v) is 1.80. The molecular formula is C14H19NO3. The zero-order chi connectivity index (χ0) is 13.0. The van der Waals surface area contributed by atoms with Gasteiger partial charge in [-0.1, -0.05) is 25.1 Å². The highest BCUT2D eigenvalue weighted by molar-refractivity contribution is 5.82. The van der Waals surface area contributed by atoms with Crippen LogP contribution in [0.25, 0.3) is 0 Å². The van der Waals surface area contributed by atoms with Crippen LogP contribution >= 0.6 is 0 Å². The summed E-state index contributed by atoms with van der Waals surface area (Å²) in [5, 5.41) is 12.1. The van der Waals surface area contributed by atoms with E-state index in [0.717, 1.165) is 12.8 Å². The van der Waals surface area contributed by atoms with Gasteiger partial charge in [0.2, 0.25) is 0 Å². The summed E-state index contributed by atoms with van der Waals surface area (Å²) in [6, 6.07) is 9.30. The molecule has 0 aromatic heterocycles. The van der Waals surface area contributed by atoms with E-state index in [0.29, 0.717) is 12.2 Å². The monoisotopic (exact) mass is 249 g/mol. The number of carbonyl (C=O) groups excluding carboxylic acids is 1. The minimum Gasteiger partial charge on any atom is -0.481 e. The van der Waals surface area contributed by atoms with Gasteiger partial charge in [-0.05, 0) is 31.4 Å². The predicted octanol–water partition coefficient (Wildman–Crippen LogP) is 1.49. The van der Waals surface area contributed by atoms with E-state index in [4.69, 9.17) is 4.74 Å². The fourth-order valence-electron chi connectivity index (χ4n) is 1.80. The van der Waals surface area contributed by atoms with E-state index in [1.807, 2.05) is 37.3 Å². The summed E-state index contributed by atoms with van der Waals surface area (Å²) >= 11 is 0. The highest BCUT2D eigenvalue weighted by atomic mass is 16.5. The predicted molar refractivity (Wildman–Crippen MR) is 68.3 cm³/mol. The molecule has 1 amide bonds. The summed E-state index contributed by atoms with van der Waals surface area (Å²) < 4.78 is 5.65. The van der Waals surface area contributed by atoms with Gasteiger partial charge < -0.3 is 15.2 Å². The average Bonchev–Trinajstić information content (AvgIpc) is 3.17. The summed E-state index contributed by atoms with van der Waals surface area (Å²) in [5.41, 5.74) is -0.384. The molecule has 1 aromatic rings. The normalized spacial score (nSPS) is 17.9. The number of ether oxygens (including phenoxy) is 1. The highest BCUT2D eigenvalue weighted by Crippen LogP contribution is 2.34. The second kappa shape index (κ2) is 5.40. The Morgan fingerprint density at radius 3 is 2.61 bits per heavy atom. The molecule has 0 aliphatic heterocycles. The van der Waals surface area contributed by atoms with E-state index < -0.39 is 6.10 Å². The minimum absolute atomic E-state index is 0.000507. The number of hydrogen-bond donors (Lipinski definition) is 2. The average molecular weight is 249 g/mol. The molecule has 1 aromatic carbocycles. The van der Waals surface area contributed by atoms with Gasteiger partial charge in [0.05, 0.1) is 12.1 Å². The van der Waals surface area contributed by atoms with Crippen molar-refractivity contribution in [2.75, 3.05) is 6.61 Å². The Hall–Kier alpha value is -1.55. The van der Waals surface area contributed by atoms with Crippen molar-refractivity contribution in [3.05, 3.63) is 30.3 Å². The first-order valence-corrected chi connectivity index (χ1v) is 6.34. The lowest BCUT2D eigenvalue weighted by Gasteiger charge is -2.21. The Morgan fingerprint density at radius 1 is 1.44 bits per heavy atom. The molecule has 2 rings (SSSR count). The van der Waals surface area contributed by atoms with Crippen LogP contribution < -0.4 is 10.1 Å². The molecule has 1 atom stereocenters. The SMILES string of the molecule is CCC(Oc1ccccc1)C(=O)NC1(CO)CC1. The Bertz CT molecular complexity index is 401. The first-order chi connectivity index (χ1) is 8.69. The van der Waals surface area contributed by atoms with Crippen LogP contribution in [0.15, 0.2) is 30.3 Å². The fraction of sp³-hybridized carbons (Fsp3) is 0.500. The number of amides is 1. The number of hydrogen-bond acceptors (Lipinski definition) is 3. The van der Waals surface area contributed by atoms with Crippen molar-refractivity contribution in [2.45, 2.75) is 37.8 Å². The van der Waals surface area contributed by atoms with E-state index in [9.17, 15) is 9.90 Å². The summed E-state index contributed by atoms with van der Waals surface area (Å²) in [7, 11) is 0. The van der Waals surface area contributed by atoms with E-state index >= 15 is 0 Å². The standard InChI is InChI=1S/C14H19NO3/c1-2-12(18-11-6-4-3-5-7-11)13(17)15-14(10-16)8-9-14/h3-7,12,16H,2,8-10H2,1H3,(H,15,17). The third-order valence-corrected chi connectivity index (χ3v) is 3.23. The number of para-hydroxylation sites is 1. The molecule has 1 saturated carbocycles. The largest absolute Gasteiger partial charge is 0.481 e. The molecule has 1 fully saturated rings. The smallest absolute Gasteiger partial charge is 0.261 e. The van der Waals surface area contributed by atoms with Crippen LogP contribution in [0.1, 0.15) is 26.2 Å². The van der Waals surface area contributed by atoms with Gasteiger partial charge in [-0.25, -0.2) is 0 Å². The molecular weight excluding hydrogens is 230 g/mol. The Morgan fingerprint density at radius 2 is 2.11 bits per heavy atom. The molecule has 1 aliphatic rings. The van der Waals surface area contributed by atoms with Gasteiger partial charge in [-0.3, -0.25) is 4.79 Å². The van der Waals surface area contributed by atoms with Crippen LogP contribution in [-0.4, -0.2) is 29.3 Å². The van der Waals surface area contributed by atoms with Crippen molar-refractivity contribution in [2.24, 2.45) is 0 Å². The molecule has 1 aliphatic carbocycles. The van der Waals surface area contributed by atoms with Crippen molar-refractivity contribution in [1.82, 2.24) is 5.32 Å². The Kier molecular flexibility index (Phi) is 3.87. The number of rotatable bonds is 6. The lowest BCUT2D eigenvalue weighted by atomic mass is 10.2. The van der Waals surface area contributed by atoms with E-state index in [-0.39, 0.29) is 18.1 Å². The van der Waals surface area contributed by atoms with Gasteiger partial charge in [0.25, 0.3) is 5.91 Å². The number of aliphatic hydroxyl groups excluding tert-OH is 1. The quantitative estimate of drug-likeness (QED) is 0.803. The lowest BCUT2D eigenvalue weighted by molar-refractivity contribution is -0.129. The van der Waals surface area contributed by atoms with E-state index in [1.165, 1.54) is 0 Å². The molecule has 0 bridgehead atoms. The number of benzene rings is 1. The topological polar surface area (TPSA) is 58.6 Å². The van der Waals surface area contributed by atoms with Crippen LogP contribution in [0.5, 0.6) is 5.75 Å². The maximum Gasteiger partial charge on any atom is 0.261 e. The molecule has 1 unspecified atom stereocenters. The summed E-state index contributed by atoms with van der Waals surface area (Å²) in [6.07, 6.45) is 1.78. The van der Waals surface area contributed by atoms with Gasteiger partial charge in [0.15, 0.2) is 6.10 Å². The van der Waals surface area contributed by atoms with Crippen molar-refractivity contribution >= 4 is 5.91 Å². The van der Waals surface area contributed by atoms with Gasteiger partial charge in [0.1, 0.15) is 5.75 Å². The van der Waals surface area contributed by atoms with E-state index in [1.54, 1.807) is 0 Å². The lowest BCUT2D eigenvalue weighted by Crippen LogP contribution is -2.46. The molecule has 98 valence electrons. The second-order valence-corrected chi connectivity index (χ2v) is 4.76. The molecule has 0 saturated heterocycles. The Balaban J connectivity index is 1.94. The molecule has 0 spiro atoms. The van der Waals surface area contributed by atoms with Crippen LogP contribution in [0, 0.1) is 0 Å². The second-order valence-electron chi connectivity index (χ2n) is 4.76. The number of aliphatic hydroxyl groups is 1. The zero-order valence-corrected chi connectivity index (χ0v) is 10.6. The van der Waals surface area contributed by atoms with Gasteiger partial charge >= 0.3 is 0 Å². The van der Waals surface area contributed by atoms with Crippen LogP contribution in [0.3, 0.4) is 0 Å². The van der Waals surface area contributed by atoms with Crippen molar-refractivity contribution < 1.29 is 14.6 Å². The van der Waals surface area contributed by atoms with Crippen molar-refractivity contribution in [3.8, 4) is 5.75 Å². The maximum atomic E-state index is 12.0. The van der Waals surface area contributed by atoms with Gasteiger partial charge in [-0.15, -0.1) is 0 Å². The molecule has 2 N–H and O–H groups in total. The molecule has 0 radical (unpaired) electrons. The van der Waals surface area contributed by atoms with Crippen molar-refractivity contribution in [1.29, 1.82) is 0 Å². The van der Waals surface area contributed by atoms with Crippen LogP contribution in [0.2, 0.25) is 0 Å². The first kappa shape index (κ1) is 12.9. The Labute approximate surface area is 107 Å². The number of carbonyl (C=O) groups is 1. The minimum atomic E-state index is -0.503. The van der Waals surface area contributed by atoms with Gasteiger partial charge in [0, 0.05) is 0 Å². The molecule has 18 heavy (non-hydrogen) atoms. The first-order valence-electron chi connectivity index (χ1n) is 6.34. The van der Waals surface area contributed by atoms with Crippen LogP contribution in [0.4, 0.5) is 0 Å². The third-order valence-electron chi connectivity index (χ3n) is 3.23. The maximum absolute atomic E-state index is 12.0. The molecule has 0 heterocycles. The van der Waals surface area contributed by atoms with Crippen LogP contribution in [-0.2, 0) is 4.79 Å².